The lowest BCUT2D eigenvalue weighted by atomic mass is 10.1. The molecule has 0 amide bonds. The van der Waals surface area contributed by atoms with Gasteiger partial charge in [-0.15, -0.1) is 13.2 Å². The number of unbranched alkanes of at least 4 members (excludes halogenated alkanes) is 5. The van der Waals surface area contributed by atoms with Crippen molar-refractivity contribution in [2.45, 2.75) is 86.1 Å². The maximum Gasteiger partial charge on any atom is 0.125 e. The quantitative estimate of drug-likeness (QED) is 0.209. The van der Waals surface area contributed by atoms with E-state index in [4.69, 9.17) is 14.8 Å². The Kier molecular flexibility index (Phi) is 29.9. The third kappa shape index (κ3) is 19.6. The predicted octanol–water partition coefficient (Wildman–Crippen LogP) is 6.73. The van der Waals surface area contributed by atoms with Crippen molar-refractivity contribution >= 4 is 0 Å². The van der Waals surface area contributed by atoms with Gasteiger partial charge in [-0.2, -0.15) is 4.91 Å². The minimum atomic E-state index is 0.246. The van der Waals surface area contributed by atoms with Crippen LogP contribution < -0.4 is 10.1 Å². The number of benzene rings is 1. The number of nitrogens with zero attached hydrogens (tertiary/aromatic N) is 1. The summed E-state index contributed by atoms with van der Waals surface area (Å²) in [6.07, 6.45) is 8.55. The number of nitrogens with one attached hydrogen (secondary N) is 1. The fraction of sp³-hybridized carbons (Fsp3) is 0.680. The molecule has 176 valence electrons. The van der Waals surface area contributed by atoms with E-state index in [1.54, 1.807) is 0 Å². The SMILES string of the molecule is C=C.CC.CCCCCCCCOc1c(C)cc(CNCCCO)cc1C.CN=O. The van der Waals surface area contributed by atoms with Crippen LogP contribution in [0, 0.1) is 18.8 Å². The normalized spacial score (nSPS) is 9.17. The first-order chi connectivity index (χ1) is 14.6. The van der Waals surface area contributed by atoms with E-state index in [0.29, 0.717) is 0 Å². The van der Waals surface area contributed by atoms with Crippen LogP contribution in [-0.4, -0.2) is 31.9 Å². The van der Waals surface area contributed by atoms with Gasteiger partial charge in [0.05, 0.1) is 13.7 Å². The van der Waals surface area contributed by atoms with Gasteiger partial charge < -0.3 is 15.2 Å². The highest BCUT2D eigenvalue weighted by Gasteiger charge is 2.06. The van der Waals surface area contributed by atoms with Crippen LogP contribution in [0.1, 0.15) is 82.4 Å². The lowest BCUT2D eigenvalue weighted by molar-refractivity contribution is 0.286. The lowest BCUT2D eigenvalue weighted by Crippen LogP contribution is -2.16. The highest BCUT2D eigenvalue weighted by Crippen LogP contribution is 2.25. The molecule has 0 spiro atoms. The maximum absolute atomic E-state index is 8.79. The van der Waals surface area contributed by atoms with Gasteiger partial charge in [0.1, 0.15) is 5.75 Å². The Labute approximate surface area is 186 Å². The van der Waals surface area contributed by atoms with E-state index in [2.05, 4.69) is 56.6 Å². The molecule has 0 fully saturated rings. The molecule has 2 N–H and O–H groups in total. The van der Waals surface area contributed by atoms with Crippen molar-refractivity contribution < 1.29 is 9.84 Å². The number of nitroso groups, excluding NO2 is 1. The van der Waals surface area contributed by atoms with E-state index >= 15 is 0 Å². The second-order valence-corrected chi connectivity index (χ2v) is 6.61. The summed E-state index contributed by atoms with van der Waals surface area (Å²) in [5.74, 6) is 1.05. The van der Waals surface area contributed by atoms with Crippen molar-refractivity contribution in [3.05, 3.63) is 46.9 Å². The molecule has 5 heteroatoms. The number of aliphatic hydroxyl groups excluding tert-OH is 1. The van der Waals surface area contributed by atoms with Crippen molar-refractivity contribution in [2.24, 2.45) is 5.18 Å². The van der Waals surface area contributed by atoms with Gasteiger partial charge in [0.15, 0.2) is 0 Å². The number of ether oxygens (including phenoxy) is 1. The van der Waals surface area contributed by atoms with Crippen LogP contribution in [-0.2, 0) is 6.54 Å². The van der Waals surface area contributed by atoms with Gasteiger partial charge in [0, 0.05) is 13.2 Å². The van der Waals surface area contributed by atoms with Crippen molar-refractivity contribution in [1.82, 2.24) is 5.32 Å². The average molecular weight is 425 g/mol. The molecule has 0 saturated heterocycles. The maximum atomic E-state index is 8.79. The molecule has 1 aromatic rings. The minimum absolute atomic E-state index is 0.246. The zero-order valence-corrected chi connectivity index (χ0v) is 20.6. The smallest absolute Gasteiger partial charge is 0.125 e. The van der Waals surface area contributed by atoms with Gasteiger partial charge in [-0.05, 0) is 49.9 Å². The van der Waals surface area contributed by atoms with Crippen LogP contribution in [0.5, 0.6) is 5.75 Å². The summed E-state index contributed by atoms with van der Waals surface area (Å²) in [5.41, 5.74) is 3.72. The fourth-order valence-electron chi connectivity index (χ4n) is 2.86. The molecular formula is C25H48N2O3. The Morgan fingerprint density at radius 3 is 2.00 bits per heavy atom. The summed E-state index contributed by atoms with van der Waals surface area (Å²) in [5, 5.41) is 14.4. The van der Waals surface area contributed by atoms with Crippen molar-refractivity contribution in [2.75, 3.05) is 26.8 Å². The van der Waals surface area contributed by atoms with Gasteiger partial charge >= 0.3 is 0 Å². The topological polar surface area (TPSA) is 70.9 Å². The zero-order chi connectivity index (χ0) is 23.6. The Morgan fingerprint density at radius 2 is 1.50 bits per heavy atom. The molecule has 0 aromatic heterocycles. The van der Waals surface area contributed by atoms with E-state index < -0.39 is 0 Å². The first-order valence-electron chi connectivity index (χ1n) is 11.4. The van der Waals surface area contributed by atoms with Crippen molar-refractivity contribution in [1.29, 1.82) is 0 Å². The van der Waals surface area contributed by atoms with Gasteiger partial charge in [-0.3, -0.25) is 0 Å². The second kappa shape index (κ2) is 27.3. The number of aryl methyl sites for hydroxylation is 2. The molecule has 0 unspecified atom stereocenters. The van der Waals surface area contributed by atoms with Crippen LogP contribution in [0.2, 0.25) is 0 Å². The van der Waals surface area contributed by atoms with E-state index in [1.165, 1.54) is 55.8 Å². The molecule has 0 aliphatic rings. The molecule has 0 aliphatic heterocycles. The number of rotatable bonds is 13. The number of hydrogen-bond acceptors (Lipinski definition) is 5. The molecule has 0 atom stereocenters. The first kappa shape index (κ1) is 32.9. The van der Waals surface area contributed by atoms with Crippen LogP contribution in [0.15, 0.2) is 30.5 Å². The van der Waals surface area contributed by atoms with Gasteiger partial charge in [0.25, 0.3) is 0 Å². The zero-order valence-electron chi connectivity index (χ0n) is 20.6. The lowest BCUT2D eigenvalue weighted by Gasteiger charge is -2.14. The van der Waals surface area contributed by atoms with Gasteiger partial charge in [0.2, 0.25) is 0 Å². The molecule has 0 saturated carbocycles. The van der Waals surface area contributed by atoms with E-state index in [1.807, 2.05) is 13.8 Å². The second-order valence-electron chi connectivity index (χ2n) is 6.61. The number of hydrogen-bond donors (Lipinski definition) is 2. The largest absolute Gasteiger partial charge is 0.493 e. The van der Waals surface area contributed by atoms with E-state index in [0.717, 1.165) is 38.3 Å². The Bertz CT molecular complexity index is 470. The molecule has 0 aliphatic carbocycles. The molecule has 5 nitrogen and oxygen atoms in total. The molecule has 30 heavy (non-hydrogen) atoms. The first-order valence-corrected chi connectivity index (χ1v) is 11.4. The summed E-state index contributed by atoms with van der Waals surface area (Å²) >= 11 is 0. The molecule has 0 bridgehead atoms. The molecular weight excluding hydrogens is 376 g/mol. The van der Waals surface area contributed by atoms with E-state index in [-0.39, 0.29) is 6.61 Å². The van der Waals surface area contributed by atoms with Gasteiger partial charge in [-0.1, -0.05) is 70.2 Å². The Hall–Kier alpha value is -1.72. The highest BCUT2D eigenvalue weighted by atomic mass is 16.5. The minimum Gasteiger partial charge on any atom is -0.493 e. The van der Waals surface area contributed by atoms with Crippen molar-refractivity contribution in [3.63, 3.8) is 0 Å². The Balaban J connectivity index is -0.000000926. The predicted molar refractivity (Wildman–Crippen MR) is 133 cm³/mol. The molecule has 1 aromatic carbocycles. The van der Waals surface area contributed by atoms with Crippen LogP contribution in [0.25, 0.3) is 0 Å². The van der Waals surface area contributed by atoms with Gasteiger partial charge in [-0.25, -0.2) is 0 Å². The molecule has 0 heterocycles. The summed E-state index contributed by atoms with van der Waals surface area (Å²) in [6, 6.07) is 4.41. The summed E-state index contributed by atoms with van der Waals surface area (Å²) < 4.78 is 6.02. The third-order valence-electron chi connectivity index (χ3n) is 4.11. The summed E-state index contributed by atoms with van der Waals surface area (Å²) in [4.78, 5) is 8.56. The van der Waals surface area contributed by atoms with Crippen LogP contribution >= 0.6 is 0 Å². The van der Waals surface area contributed by atoms with Crippen molar-refractivity contribution in [3.8, 4) is 5.75 Å². The average Bonchev–Trinajstić information content (AvgIpc) is 2.75. The monoisotopic (exact) mass is 424 g/mol. The highest BCUT2D eigenvalue weighted by molar-refractivity contribution is 5.43. The van der Waals surface area contributed by atoms with E-state index in [9.17, 15) is 0 Å². The van der Waals surface area contributed by atoms with Crippen LogP contribution in [0.3, 0.4) is 0 Å². The number of aliphatic hydroxyl groups is 1. The Morgan fingerprint density at radius 1 is 1.00 bits per heavy atom. The fourth-order valence-corrected chi connectivity index (χ4v) is 2.86. The third-order valence-corrected chi connectivity index (χ3v) is 4.11. The summed E-state index contributed by atoms with van der Waals surface area (Å²) in [6.45, 7) is 19.3. The standard InChI is InChI=1S/C20H35NO2.C2H6.C2H4.CH3NO/c1-4-5-6-7-8-9-13-23-20-17(2)14-19(15-18(20)3)16-21-11-10-12-22;2*1-2;1-2-3/h14-15,21-22H,4-13,16H2,1-3H3;1-2H3;1-2H2;1H3. The molecule has 1 rings (SSSR count). The molecule has 0 radical (unpaired) electrons. The van der Waals surface area contributed by atoms with Crippen LogP contribution in [0.4, 0.5) is 0 Å². The summed E-state index contributed by atoms with van der Waals surface area (Å²) in [7, 11) is 1.19.